The van der Waals surface area contributed by atoms with Gasteiger partial charge in [0.2, 0.25) is 0 Å². The van der Waals surface area contributed by atoms with Crippen LogP contribution in [0.15, 0.2) is 18.2 Å². The first-order valence-electron chi connectivity index (χ1n) is 7.81. The number of benzene rings is 1. The van der Waals surface area contributed by atoms with E-state index in [4.69, 9.17) is 4.74 Å². The van der Waals surface area contributed by atoms with E-state index in [-0.39, 0.29) is 0 Å². The lowest BCUT2D eigenvalue weighted by molar-refractivity contribution is 0.356. The van der Waals surface area contributed by atoms with Crippen LogP contribution in [0, 0.1) is 0 Å². The van der Waals surface area contributed by atoms with Crippen LogP contribution in [0.1, 0.15) is 57.1 Å². The summed E-state index contributed by atoms with van der Waals surface area (Å²) in [6, 6.07) is 7.30. The number of fused-ring (bicyclic) bond motifs is 1. The van der Waals surface area contributed by atoms with Gasteiger partial charge in [-0.15, -0.1) is 0 Å². The number of nitrogens with one attached hydrogen (secondary N) is 1. The molecule has 1 aliphatic rings. The quantitative estimate of drug-likeness (QED) is 0.761. The zero-order valence-corrected chi connectivity index (χ0v) is 12.4. The normalized spacial score (nSPS) is 15.1. The first-order chi connectivity index (χ1) is 9.33. The fourth-order valence-electron chi connectivity index (χ4n) is 2.76. The molecule has 1 aromatic carbocycles. The van der Waals surface area contributed by atoms with E-state index in [0.29, 0.717) is 6.04 Å². The molecule has 106 valence electrons. The van der Waals surface area contributed by atoms with Crippen LogP contribution in [0.2, 0.25) is 0 Å². The van der Waals surface area contributed by atoms with E-state index in [2.05, 4.69) is 37.4 Å². The standard InChI is InChI=1S/C17H27NO/c1-3-5-7-16(6-4-2)18-13-14-8-9-17-15(12-14)10-11-19-17/h8-9,12,16,18H,3-7,10-11,13H2,1-2H3. The van der Waals surface area contributed by atoms with Gasteiger partial charge in [0.05, 0.1) is 6.61 Å². The van der Waals surface area contributed by atoms with Crippen LogP contribution >= 0.6 is 0 Å². The molecule has 19 heavy (non-hydrogen) atoms. The third-order valence-corrected chi connectivity index (χ3v) is 3.89. The topological polar surface area (TPSA) is 21.3 Å². The molecule has 2 nitrogen and oxygen atoms in total. The minimum Gasteiger partial charge on any atom is -0.493 e. The first-order valence-corrected chi connectivity index (χ1v) is 7.81. The summed E-state index contributed by atoms with van der Waals surface area (Å²) >= 11 is 0. The fourth-order valence-corrected chi connectivity index (χ4v) is 2.76. The van der Waals surface area contributed by atoms with Crippen molar-refractivity contribution in [3.05, 3.63) is 29.3 Å². The molecule has 1 heterocycles. The molecule has 0 bridgehead atoms. The van der Waals surface area contributed by atoms with E-state index in [1.54, 1.807) is 0 Å². The van der Waals surface area contributed by atoms with Gasteiger partial charge in [-0.2, -0.15) is 0 Å². The summed E-state index contributed by atoms with van der Waals surface area (Å²) in [5, 5.41) is 3.72. The highest BCUT2D eigenvalue weighted by Crippen LogP contribution is 2.25. The highest BCUT2D eigenvalue weighted by Gasteiger charge is 2.12. The first kappa shape index (κ1) is 14.4. The maximum Gasteiger partial charge on any atom is 0.122 e. The predicted octanol–water partition coefficient (Wildman–Crippen LogP) is 4.07. The van der Waals surface area contributed by atoms with Crippen molar-refractivity contribution in [3.63, 3.8) is 0 Å². The Bertz CT molecular complexity index is 389. The smallest absolute Gasteiger partial charge is 0.122 e. The molecular formula is C17H27NO. The van der Waals surface area contributed by atoms with Gasteiger partial charge in [0.25, 0.3) is 0 Å². The highest BCUT2D eigenvalue weighted by atomic mass is 16.5. The average Bonchev–Trinajstić information content (AvgIpc) is 2.89. The van der Waals surface area contributed by atoms with Gasteiger partial charge in [-0.1, -0.05) is 45.2 Å². The molecule has 2 heteroatoms. The molecule has 2 rings (SSSR count). The summed E-state index contributed by atoms with van der Waals surface area (Å²) < 4.78 is 5.55. The van der Waals surface area contributed by atoms with Crippen molar-refractivity contribution >= 4 is 0 Å². The molecule has 1 unspecified atom stereocenters. The van der Waals surface area contributed by atoms with Crippen molar-refractivity contribution in [2.24, 2.45) is 0 Å². The van der Waals surface area contributed by atoms with Crippen molar-refractivity contribution in [1.29, 1.82) is 0 Å². The Morgan fingerprint density at radius 2 is 2.11 bits per heavy atom. The summed E-state index contributed by atoms with van der Waals surface area (Å²) in [4.78, 5) is 0. The van der Waals surface area contributed by atoms with E-state index in [1.165, 1.54) is 43.2 Å². The van der Waals surface area contributed by atoms with Gasteiger partial charge < -0.3 is 10.1 Å². The van der Waals surface area contributed by atoms with Gasteiger partial charge in [-0.3, -0.25) is 0 Å². The fraction of sp³-hybridized carbons (Fsp3) is 0.647. The lowest BCUT2D eigenvalue weighted by Crippen LogP contribution is -2.28. The Morgan fingerprint density at radius 1 is 1.21 bits per heavy atom. The Morgan fingerprint density at radius 3 is 2.89 bits per heavy atom. The van der Waals surface area contributed by atoms with Crippen LogP contribution < -0.4 is 10.1 Å². The van der Waals surface area contributed by atoms with Crippen LogP contribution in [-0.2, 0) is 13.0 Å². The molecule has 0 aromatic heterocycles. The molecule has 0 saturated heterocycles. The number of unbranched alkanes of at least 4 members (excludes halogenated alkanes) is 1. The lowest BCUT2D eigenvalue weighted by atomic mass is 10.0. The van der Waals surface area contributed by atoms with Gasteiger partial charge in [-0.25, -0.2) is 0 Å². The van der Waals surface area contributed by atoms with Crippen molar-refractivity contribution in [3.8, 4) is 5.75 Å². The lowest BCUT2D eigenvalue weighted by Gasteiger charge is -2.18. The van der Waals surface area contributed by atoms with Gasteiger partial charge in [0.1, 0.15) is 5.75 Å². The number of ether oxygens (including phenoxy) is 1. The minimum atomic E-state index is 0.675. The Labute approximate surface area is 117 Å². The molecule has 1 aromatic rings. The van der Waals surface area contributed by atoms with E-state index in [9.17, 15) is 0 Å². The summed E-state index contributed by atoms with van der Waals surface area (Å²) in [7, 11) is 0. The molecule has 0 fully saturated rings. The molecule has 0 radical (unpaired) electrons. The number of rotatable bonds is 8. The molecule has 1 N–H and O–H groups in total. The predicted molar refractivity (Wildman–Crippen MR) is 80.7 cm³/mol. The van der Waals surface area contributed by atoms with Crippen molar-refractivity contribution in [2.45, 2.75) is 65.0 Å². The highest BCUT2D eigenvalue weighted by molar-refractivity contribution is 5.39. The second-order valence-electron chi connectivity index (χ2n) is 5.55. The van der Waals surface area contributed by atoms with Crippen molar-refractivity contribution < 1.29 is 4.74 Å². The van der Waals surface area contributed by atoms with E-state index >= 15 is 0 Å². The zero-order chi connectivity index (χ0) is 13.5. The zero-order valence-electron chi connectivity index (χ0n) is 12.4. The molecule has 0 amide bonds. The molecule has 0 saturated carbocycles. The third-order valence-electron chi connectivity index (χ3n) is 3.89. The summed E-state index contributed by atoms with van der Waals surface area (Å²) in [5.74, 6) is 1.08. The van der Waals surface area contributed by atoms with Gasteiger partial charge >= 0.3 is 0 Å². The van der Waals surface area contributed by atoms with Crippen LogP contribution in [0.4, 0.5) is 0 Å². The maximum absolute atomic E-state index is 5.55. The van der Waals surface area contributed by atoms with E-state index in [0.717, 1.165) is 25.3 Å². The second kappa shape index (κ2) is 7.54. The van der Waals surface area contributed by atoms with Gasteiger partial charge in [-0.05, 0) is 30.0 Å². The SMILES string of the molecule is CCCCC(CCC)NCc1ccc2c(c1)CCO2. The monoisotopic (exact) mass is 261 g/mol. The van der Waals surface area contributed by atoms with Crippen LogP contribution in [0.5, 0.6) is 5.75 Å². The third kappa shape index (κ3) is 4.24. The summed E-state index contributed by atoms with van der Waals surface area (Å²) in [6.07, 6.45) is 7.54. The Balaban J connectivity index is 1.85. The Hall–Kier alpha value is -1.02. The van der Waals surface area contributed by atoms with E-state index in [1.807, 2.05) is 0 Å². The van der Waals surface area contributed by atoms with Crippen LogP contribution in [0.25, 0.3) is 0 Å². The molecule has 0 spiro atoms. The van der Waals surface area contributed by atoms with Crippen molar-refractivity contribution in [2.75, 3.05) is 6.61 Å². The second-order valence-corrected chi connectivity index (χ2v) is 5.55. The molecule has 0 aliphatic carbocycles. The average molecular weight is 261 g/mol. The number of hydrogen-bond donors (Lipinski definition) is 1. The van der Waals surface area contributed by atoms with E-state index < -0.39 is 0 Å². The van der Waals surface area contributed by atoms with Crippen LogP contribution in [-0.4, -0.2) is 12.6 Å². The minimum absolute atomic E-state index is 0.675. The molecule has 1 atom stereocenters. The largest absolute Gasteiger partial charge is 0.493 e. The Kier molecular flexibility index (Phi) is 5.71. The number of hydrogen-bond acceptors (Lipinski definition) is 2. The van der Waals surface area contributed by atoms with Gasteiger partial charge in [0.15, 0.2) is 0 Å². The summed E-state index contributed by atoms with van der Waals surface area (Å²) in [6.45, 7) is 6.37. The molecular weight excluding hydrogens is 234 g/mol. The summed E-state index contributed by atoms with van der Waals surface area (Å²) in [5.41, 5.74) is 2.77. The maximum atomic E-state index is 5.55. The van der Waals surface area contributed by atoms with Crippen molar-refractivity contribution in [1.82, 2.24) is 5.32 Å². The van der Waals surface area contributed by atoms with Crippen LogP contribution in [0.3, 0.4) is 0 Å². The molecule has 1 aliphatic heterocycles. The van der Waals surface area contributed by atoms with Gasteiger partial charge in [0, 0.05) is 19.0 Å².